The zero-order chi connectivity index (χ0) is 16.4. The molecule has 0 amide bonds. The number of pyridine rings is 1. The summed E-state index contributed by atoms with van der Waals surface area (Å²) in [6.07, 6.45) is 3.73. The lowest BCUT2D eigenvalue weighted by molar-refractivity contribution is -0.681. The molecule has 0 saturated carbocycles. The van der Waals surface area contributed by atoms with Gasteiger partial charge in [0, 0.05) is 28.6 Å². The first-order chi connectivity index (χ1) is 11.0. The van der Waals surface area contributed by atoms with Crippen molar-refractivity contribution in [1.82, 2.24) is 0 Å². The third-order valence-electron chi connectivity index (χ3n) is 3.80. The van der Waals surface area contributed by atoms with Gasteiger partial charge in [0.15, 0.2) is 12.4 Å². The number of fused-ring (bicyclic) bond motifs is 1. The Morgan fingerprint density at radius 1 is 1.12 bits per heavy atom. The number of ketones is 1. The third kappa shape index (κ3) is 4.46. The topological polar surface area (TPSA) is 95.6 Å². The van der Waals surface area contributed by atoms with Gasteiger partial charge in [0.05, 0.1) is 4.92 Å². The van der Waals surface area contributed by atoms with Crippen molar-refractivity contribution in [2.75, 3.05) is 0 Å². The third-order valence-corrected chi connectivity index (χ3v) is 3.80. The van der Waals surface area contributed by atoms with E-state index in [0.29, 0.717) is 11.1 Å². The number of Topliss-reactive ketones (excluding diaryl/α,β-unsaturated/α-hetero) is 1. The molecule has 0 saturated heterocycles. The molecule has 7 heteroatoms. The average Bonchev–Trinajstić information content (AvgIpc) is 2.54. The summed E-state index contributed by atoms with van der Waals surface area (Å²) in [7, 11) is 0. The molecule has 1 aromatic heterocycles. The number of carbonyl (C=O) groups is 1. The second kappa shape index (κ2) is 8.46. The minimum absolute atomic E-state index is 0. The SMILES string of the molecule is Cc1ccc(C(=O)C[n+]2ccc3ccccc3c2)cc1[N+](=O)[O-].O.[Br-]. The Balaban J connectivity index is 0.00000156. The maximum absolute atomic E-state index is 12.4. The lowest BCUT2D eigenvalue weighted by Crippen LogP contribution is -3.00. The highest BCUT2D eigenvalue weighted by atomic mass is 79.9. The van der Waals surface area contributed by atoms with Crippen LogP contribution in [0.2, 0.25) is 0 Å². The molecule has 0 fully saturated rings. The molecule has 3 aromatic rings. The molecule has 1 heterocycles. The van der Waals surface area contributed by atoms with Crippen molar-refractivity contribution in [1.29, 1.82) is 0 Å². The molecular formula is C18H17BrN2O4. The number of rotatable bonds is 4. The van der Waals surface area contributed by atoms with Gasteiger partial charge in [-0.15, -0.1) is 0 Å². The number of nitrogens with zero attached hydrogens (tertiary/aromatic N) is 2. The van der Waals surface area contributed by atoms with Gasteiger partial charge in [-0.3, -0.25) is 14.9 Å². The molecule has 6 nitrogen and oxygen atoms in total. The molecule has 25 heavy (non-hydrogen) atoms. The molecule has 2 N–H and O–H groups in total. The molecule has 0 atom stereocenters. The van der Waals surface area contributed by atoms with E-state index in [1.807, 2.05) is 42.7 Å². The number of halogens is 1. The van der Waals surface area contributed by atoms with Gasteiger partial charge < -0.3 is 22.5 Å². The molecule has 0 aliphatic carbocycles. The Bertz CT molecular complexity index is 928. The van der Waals surface area contributed by atoms with Crippen molar-refractivity contribution in [2.45, 2.75) is 13.5 Å². The van der Waals surface area contributed by atoms with E-state index in [1.165, 1.54) is 6.07 Å². The number of nitro benzene ring substituents is 1. The van der Waals surface area contributed by atoms with E-state index in [-0.39, 0.29) is 40.5 Å². The minimum atomic E-state index is -0.463. The Hall–Kier alpha value is -2.64. The van der Waals surface area contributed by atoms with Gasteiger partial charge >= 0.3 is 0 Å². The number of aromatic nitrogens is 1. The molecular weight excluding hydrogens is 388 g/mol. The average molecular weight is 405 g/mol. The van der Waals surface area contributed by atoms with Crippen LogP contribution in [0, 0.1) is 17.0 Å². The van der Waals surface area contributed by atoms with E-state index in [9.17, 15) is 14.9 Å². The van der Waals surface area contributed by atoms with Crippen molar-refractivity contribution in [2.24, 2.45) is 0 Å². The Labute approximate surface area is 155 Å². The van der Waals surface area contributed by atoms with Crippen LogP contribution in [0.4, 0.5) is 5.69 Å². The van der Waals surface area contributed by atoms with E-state index in [1.54, 1.807) is 23.6 Å². The van der Waals surface area contributed by atoms with Crippen LogP contribution in [0.15, 0.2) is 60.9 Å². The Morgan fingerprint density at radius 3 is 2.48 bits per heavy atom. The number of benzene rings is 2. The molecule has 0 bridgehead atoms. The van der Waals surface area contributed by atoms with Crippen LogP contribution in [0.5, 0.6) is 0 Å². The smallest absolute Gasteiger partial charge is 0.273 e. The fourth-order valence-corrected chi connectivity index (χ4v) is 2.51. The maximum Gasteiger partial charge on any atom is 0.273 e. The van der Waals surface area contributed by atoms with Crippen molar-refractivity contribution in [3.63, 3.8) is 0 Å². The first-order valence-electron chi connectivity index (χ1n) is 7.21. The second-order valence-corrected chi connectivity index (χ2v) is 5.43. The van der Waals surface area contributed by atoms with Gasteiger partial charge in [0.25, 0.3) is 5.69 Å². The van der Waals surface area contributed by atoms with Crippen molar-refractivity contribution >= 4 is 22.2 Å². The van der Waals surface area contributed by atoms with E-state index >= 15 is 0 Å². The Kier molecular flexibility index (Phi) is 6.90. The van der Waals surface area contributed by atoms with E-state index in [4.69, 9.17) is 0 Å². The second-order valence-electron chi connectivity index (χ2n) is 5.43. The summed E-state index contributed by atoms with van der Waals surface area (Å²) in [5, 5.41) is 13.1. The van der Waals surface area contributed by atoms with E-state index in [2.05, 4.69) is 0 Å². The van der Waals surface area contributed by atoms with Crippen molar-refractivity contribution in [3.8, 4) is 0 Å². The highest BCUT2D eigenvalue weighted by molar-refractivity contribution is 5.95. The zero-order valence-corrected chi connectivity index (χ0v) is 15.1. The maximum atomic E-state index is 12.4. The zero-order valence-electron chi connectivity index (χ0n) is 13.5. The monoisotopic (exact) mass is 404 g/mol. The van der Waals surface area contributed by atoms with Crippen LogP contribution in [-0.2, 0) is 6.54 Å². The molecule has 0 unspecified atom stereocenters. The summed E-state index contributed by atoms with van der Waals surface area (Å²) in [4.78, 5) is 22.9. The summed E-state index contributed by atoms with van der Waals surface area (Å²) in [6.45, 7) is 1.80. The standard InChI is InChI=1S/C18H15N2O3.BrH.H2O/c1-13-6-7-15(10-17(13)20(22)23)18(21)12-19-9-8-14-4-2-3-5-16(14)11-19;;/h2-11H,12H2,1H3;1H;1H2/q+1;;/p-1. The number of nitro groups is 1. The highest BCUT2D eigenvalue weighted by Gasteiger charge is 2.18. The molecule has 0 aliphatic rings. The van der Waals surface area contributed by atoms with Crippen molar-refractivity contribution < 1.29 is 36.7 Å². The molecule has 0 aliphatic heterocycles. The van der Waals surface area contributed by atoms with Crippen LogP contribution in [0.25, 0.3) is 10.8 Å². The van der Waals surface area contributed by atoms with Crippen molar-refractivity contribution in [3.05, 3.63) is 82.2 Å². The molecule has 0 radical (unpaired) electrons. The highest BCUT2D eigenvalue weighted by Crippen LogP contribution is 2.19. The first-order valence-corrected chi connectivity index (χ1v) is 7.21. The van der Waals surface area contributed by atoms with Crippen LogP contribution < -0.4 is 21.5 Å². The van der Waals surface area contributed by atoms with Gasteiger partial charge in [0.1, 0.15) is 0 Å². The fourth-order valence-electron chi connectivity index (χ4n) is 2.51. The quantitative estimate of drug-likeness (QED) is 0.251. The minimum Gasteiger partial charge on any atom is -1.00 e. The summed E-state index contributed by atoms with van der Waals surface area (Å²) in [6, 6.07) is 14.4. The van der Waals surface area contributed by atoms with Gasteiger partial charge in [-0.1, -0.05) is 30.3 Å². The van der Waals surface area contributed by atoms with Gasteiger partial charge in [-0.2, -0.15) is 4.57 Å². The van der Waals surface area contributed by atoms with E-state index in [0.717, 1.165) is 10.8 Å². The normalized spacial score (nSPS) is 9.80. The molecule has 0 spiro atoms. The lowest BCUT2D eigenvalue weighted by atomic mass is 10.1. The van der Waals surface area contributed by atoms with Crippen LogP contribution in [0.1, 0.15) is 15.9 Å². The number of aryl methyl sites for hydroxylation is 1. The van der Waals surface area contributed by atoms with Gasteiger partial charge in [-0.05, 0) is 18.4 Å². The molecule has 3 rings (SSSR count). The van der Waals surface area contributed by atoms with E-state index < -0.39 is 4.92 Å². The predicted octanol–water partition coefficient (Wildman–Crippen LogP) is -0.594. The molecule has 2 aromatic carbocycles. The fraction of sp³-hybridized carbons (Fsp3) is 0.111. The number of hydrogen-bond donors (Lipinski definition) is 0. The summed E-state index contributed by atoms with van der Waals surface area (Å²) in [5.41, 5.74) is 0.868. The number of hydrogen-bond acceptors (Lipinski definition) is 3. The van der Waals surface area contributed by atoms with Gasteiger partial charge in [0.2, 0.25) is 12.3 Å². The summed E-state index contributed by atoms with van der Waals surface area (Å²) >= 11 is 0. The Morgan fingerprint density at radius 2 is 1.80 bits per heavy atom. The van der Waals surface area contributed by atoms with Crippen LogP contribution in [0.3, 0.4) is 0 Å². The van der Waals surface area contributed by atoms with Crippen LogP contribution >= 0.6 is 0 Å². The number of carbonyl (C=O) groups excluding carboxylic acids is 1. The largest absolute Gasteiger partial charge is 1.00 e. The first kappa shape index (κ1) is 20.4. The predicted molar refractivity (Wildman–Crippen MR) is 89.9 cm³/mol. The summed E-state index contributed by atoms with van der Waals surface area (Å²) in [5.74, 6) is -0.159. The lowest BCUT2D eigenvalue weighted by Gasteiger charge is -2.02. The van der Waals surface area contributed by atoms with Gasteiger partial charge in [-0.25, -0.2) is 0 Å². The summed E-state index contributed by atoms with van der Waals surface area (Å²) < 4.78 is 1.79. The molecule has 130 valence electrons. The van der Waals surface area contributed by atoms with Crippen LogP contribution in [-0.4, -0.2) is 16.2 Å².